The van der Waals surface area contributed by atoms with Gasteiger partial charge in [-0.2, -0.15) is 5.10 Å². The number of rotatable bonds is 11. The Morgan fingerprint density at radius 2 is 1.80 bits per heavy atom. The molecule has 0 bridgehead atoms. The molecular weight excluding hydrogens is 578 g/mol. The number of halogens is 1. The molecule has 2 aliphatic carbocycles. The van der Waals surface area contributed by atoms with Gasteiger partial charge in [-0.1, -0.05) is 94.5 Å². The maximum atomic E-state index is 13.9. The third-order valence-corrected chi connectivity index (χ3v) is 9.54. The highest BCUT2D eigenvalue weighted by atomic mass is 31.0. The van der Waals surface area contributed by atoms with Crippen LogP contribution in [0.1, 0.15) is 147 Å². The van der Waals surface area contributed by atoms with Gasteiger partial charge in [0.25, 0.3) is 0 Å². The van der Waals surface area contributed by atoms with Crippen molar-refractivity contribution in [3.8, 4) is 5.75 Å². The molecule has 4 unspecified atom stereocenters. The number of Topliss-reactive ketones (excluding diaryl/α,β-unsaturated/α-hetero) is 1. The van der Waals surface area contributed by atoms with E-state index >= 15 is 0 Å². The quantitative estimate of drug-likeness (QED) is 0.170. The zero-order valence-electron chi connectivity index (χ0n) is 28.3. The maximum absolute atomic E-state index is 13.9. The average Bonchev–Trinajstić information content (AvgIpc) is 3.69. The van der Waals surface area contributed by atoms with E-state index in [0.717, 1.165) is 47.9 Å². The number of benzene rings is 1. The Balaban J connectivity index is 0.000000244. The molecule has 0 amide bonds. The summed E-state index contributed by atoms with van der Waals surface area (Å²) in [5, 5.41) is 29.5. The van der Waals surface area contributed by atoms with Crippen LogP contribution in [-0.2, 0) is 16.7 Å². The third kappa shape index (κ3) is 12.5. The minimum absolute atomic E-state index is 0.0130. The number of aromatic nitrogens is 2. The number of ether oxygens (including phenoxy) is 1. The van der Waals surface area contributed by atoms with Crippen molar-refractivity contribution in [2.75, 3.05) is 0 Å². The number of hydrogen-bond donors (Lipinski definition) is 3. The van der Waals surface area contributed by atoms with Gasteiger partial charge in [0.2, 0.25) is 0 Å². The lowest BCUT2D eigenvalue weighted by molar-refractivity contribution is -0.419. The zero-order valence-corrected chi connectivity index (χ0v) is 29.5. The predicted molar refractivity (Wildman–Crippen MR) is 178 cm³/mol. The molecule has 0 spiro atoms. The van der Waals surface area contributed by atoms with Crippen LogP contribution in [0.3, 0.4) is 0 Å². The summed E-state index contributed by atoms with van der Waals surface area (Å²) in [6, 6.07) is 7.19. The third-order valence-electron chi connectivity index (χ3n) is 9.24. The first-order valence-corrected chi connectivity index (χ1v) is 17.0. The SMILES string of the molecule is CC(=O)Cn1nc(C2CC2)cc1C(C)(F)P.CCC1(C)CCCCC1.CCCC(C)C(C)c1cccc(OC(O)(O)O)c1C. The van der Waals surface area contributed by atoms with Gasteiger partial charge in [-0.25, -0.2) is 4.39 Å². The Bertz CT molecular complexity index is 1180. The molecule has 4 rings (SSSR count). The lowest BCUT2D eigenvalue weighted by Gasteiger charge is -2.32. The van der Waals surface area contributed by atoms with Crippen molar-refractivity contribution < 1.29 is 29.2 Å². The number of ketones is 1. The Morgan fingerprint density at radius 1 is 1.18 bits per heavy atom. The topological polar surface area (TPSA) is 105 Å². The number of hydrogen-bond acceptors (Lipinski definition) is 6. The molecule has 2 aromatic rings. The molecule has 1 aromatic carbocycles. The molecule has 2 aliphatic rings. The van der Waals surface area contributed by atoms with Gasteiger partial charge in [-0.05, 0) is 87.0 Å². The second-order valence-electron chi connectivity index (χ2n) is 13.6. The Kier molecular flexibility index (Phi) is 14.5. The molecule has 4 atom stereocenters. The molecule has 0 radical (unpaired) electrons. The van der Waals surface area contributed by atoms with Crippen LogP contribution in [0.25, 0.3) is 0 Å². The van der Waals surface area contributed by atoms with Crippen LogP contribution in [0, 0.1) is 18.3 Å². The van der Waals surface area contributed by atoms with E-state index in [1.807, 2.05) is 13.0 Å². The van der Waals surface area contributed by atoms with Crippen molar-refractivity contribution in [1.82, 2.24) is 9.78 Å². The Hall–Kier alpha value is -1.86. The molecule has 3 N–H and O–H groups in total. The summed E-state index contributed by atoms with van der Waals surface area (Å²) in [7, 11) is 2.15. The highest BCUT2D eigenvalue weighted by Gasteiger charge is 2.32. The lowest BCUT2D eigenvalue weighted by Crippen LogP contribution is -2.35. The summed E-state index contributed by atoms with van der Waals surface area (Å²) in [4.78, 5) is 11.1. The molecule has 1 heterocycles. The maximum Gasteiger partial charge on any atom is 0.453 e. The van der Waals surface area contributed by atoms with Gasteiger partial charge >= 0.3 is 6.16 Å². The van der Waals surface area contributed by atoms with Crippen molar-refractivity contribution >= 4 is 15.0 Å². The number of aliphatic hydroxyl groups is 3. The molecule has 1 aromatic heterocycles. The highest BCUT2D eigenvalue weighted by molar-refractivity contribution is 7.18. The van der Waals surface area contributed by atoms with Gasteiger partial charge in [0.1, 0.15) is 5.75 Å². The second-order valence-corrected chi connectivity index (χ2v) is 14.7. The number of nitrogens with zero attached hydrogens (tertiary/aromatic N) is 2. The fourth-order valence-corrected chi connectivity index (χ4v) is 6.13. The smallest absolute Gasteiger partial charge is 0.417 e. The molecule has 2 fully saturated rings. The van der Waals surface area contributed by atoms with Gasteiger partial charge in [-0.15, -0.1) is 0 Å². The highest BCUT2D eigenvalue weighted by Crippen LogP contribution is 2.42. The van der Waals surface area contributed by atoms with Crippen molar-refractivity contribution in [2.45, 2.75) is 150 Å². The molecule has 44 heavy (non-hydrogen) atoms. The monoisotopic (exact) mass is 636 g/mol. The number of alkyl halides is 1. The van der Waals surface area contributed by atoms with Gasteiger partial charge in [-0.3, -0.25) is 9.48 Å². The van der Waals surface area contributed by atoms with Gasteiger partial charge in [0.05, 0.1) is 17.9 Å². The van der Waals surface area contributed by atoms with Crippen LogP contribution in [0.5, 0.6) is 5.75 Å². The van der Waals surface area contributed by atoms with Gasteiger partial charge in [0.15, 0.2) is 11.2 Å². The number of carbonyl (C=O) groups is 1. The lowest BCUT2D eigenvalue weighted by atomic mass is 9.74. The van der Waals surface area contributed by atoms with Gasteiger partial charge in [0, 0.05) is 5.92 Å². The Labute approximate surface area is 267 Å². The van der Waals surface area contributed by atoms with E-state index < -0.39 is 11.6 Å². The van der Waals surface area contributed by atoms with Crippen molar-refractivity contribution in [2.24, 2.45) is 11.3 Å². The molecule has 2 saturated carbocycles. The average molecular weight is 637 g/mol. The normalized spacial score (nSPS) is 18.9. The fourth-order valence-electron chi connectivity index (χ4n) is 5.89. The second kappa shape index (κ2) is 16.6. The van der Waals surface area contributed by atoms with Gasteiger partial charge < -0.3 is 20.1 Å². The minimum Gasteiger partial charge on any atom is -0.417 e. The summed E-state index contributed by atoms with van der Waals surface area (Å²) in [5.74, 6) is 1.61. The van der Waals surface area contributed by atoms with Crippen LogP contribution in [0.15, 0.2) is 24.3 Å². The zero-order chi connectivity index (χ0) is 33.3. The Morgan fingerprint density at radius 3 is 2.25 bits per heavy atom. The summed E-state index contributed by atoms with van der Waals surface area (Å²) < 4.78 is 20.1. The van der Waals surface area contributed by atoms with E-state index in [1.165, 1.54) is 57.1 Å². The van der Waals surface area contributed by atoms with Crippen LogP contribution in [0.2, 0.25) is 0 Å². The van der Waals surface area contributed by atoms with E-state index in [1.54, 1.807) is 18.2 Å². The van der Waals surface area contributed by atoms with Crippen molar-refractivity contribution in [3.05, 3.63) is 46.8 Å². The first-order chi connectivity index (χ1) is 20.4. The number of carbonyl (C=O) groups excluding carboxylic acids is 1. The predicted octanol–water partition coefficient (Wildman–Crippen LogP) is 8.24. The fraction of sp³-hybridized carbons (Fsp3) is 0.714. The van der Waals surface area contributed by atoms with Crippen molar-refractivity contribution in [3.63, 3.8) is 0 Å². The molecular formula is C35H58FN2O5P. The van der Waals surface area contributed by atoms with Crippen LogP contribution in [-0.4, -0.2) is 37.0 Å². The van der Waals surface area contributed by atoms with E-state index in [9.17, 15) is 9.18 Å². The van der Waals surface area contributed by atoms with E-state index in [0.29, 0.717) is 23.4 Å². The van der Waals surface area contributed by atoms with E-state index in [-0.39, 0.29) is 18.1 Å². The van der Waals surface area contributed by atoms with Crippen LogP contribution >= 0.6 is 9.24 Å². The van der Waals surface area contributed by atoms with Crippen LogP contribution < -0.4 is 4.74 Å². The molecule has 7 nitrogen and oxygen atoms in total. The molecule has 0 saturated heterocycles. The minimum atomic E-state index is -3.14. The first kappa shape index (κ1) is 38.3. The summed E-state index contributed by atoms with van der Waals surface area (Å²) in [6.45, 7) is 16.2. The first-order valence-electron chi connectivity index (χ1n) is 16.4. The largest absolute Gasteiger partial charge is 0.453 e. The molecule has 250 valence electrons. The molecule has 0 aliphatic heterocycles. The summed E-state index contributed by atoms with van der Waals surface area (Å²) >= 11 is 0. The van der Waals surface area contributed by atoms with Crippen molar-refractivity contribution in [1.29, 1.82) is 0 Å². The summed E-state index contributed by atoms with van der Waals surface area (Å²) in [5.41, 5.74) is 4.03. The molecule has 9 heteroatoms. The standard InChI is InChI=1S/C15H24O4.C11H16FN2OP.C9H18/c1-5-7-10(2)11(3)13-8-6-9-14(12(13)4)19-15(16,17)18;1-7(15)6-14-10(11(2,12)16)5-9(13-14)8-3-4-8;1-3-9(2)7-5-4-6-8-9/h6,8-11,16-18H,5,7H2,1-4H3;5,8H,3-4,6,16H2,1-2H3;3-8H2,1-2H3. The van der Waals surface area contributed by atoms with Crippen LogP contribution in [0.4, 0.5) is 4.39 Å². The van der Waals surface area contributed by atoms with E-state index in [2.05, 4.69) is 49.0 Å². The van der Waals surface area contributed by atoms with E-state index in [4.69, 9.17) is 20.1 Å². The summed E-state index contributed by atoms with van der Waals surface area (Å²) in [6.07, 6.45) is 10.1.